The van der Waals surface area contributed by atoms with Crippen LogP contribution in [0.3, 0.4) is 0 Å². The Morgan fingerprint density at radius 3 is 2.65 bits per heavy atom. The van der Waals surface area contributed by atoms with Crippen molar-refractivity contribution in [2.24, 2.45) is 0 Å². The molecule has 1 aromatic rings. The van der Waals surface area contributed by atoms with Crippen molar-refractivity contribution >= 4 is 27.7 Å². The molecule has 1 aliphatic rings. The second kappa shape index (κ2) is 6.85. The van der Waals surface area contributed by atoms with Gasteiger partial charge in [-0.15, -0.1) is 0 Å². The Kier molecular flexibility index (Phi) is 5.14. The second-order valence-corrected chi connectivity index (χ2v) is 5.56. The first-order chi connectivity index (χ1) is 9.63. The molecule has 0 atom stereocenters. The molecule has 0 aromatic heterocycles. The highest BCUT2D eigenvalue weighted by Gasteiger charge is 2.31. The summed E-state index contributed by atoms with van der Waals surface area (Å²) in [7, 11) is 0. The van der Waals surface area contributed by atoms with Gasteiger partial charge in [0, 0.05) is 17.1 Å². The van der Waals surface area contributed by atoms with Crippen LogP contribution in [0.2, 0.25) is 0 Å². The molecule has 2 N–H and O–H groups in total. The van der Waals surface area contributed by atoms with Crippen LogP contribution in [0.4, 0.5) is 0 Å². The lowest BCUT2D eigenvalue weighted by atomic mass is 10.2. The van der Waals surface area contributed by atoms with E-state index in [1.54, 1.807) is 23.1 Å². The number of nitrogens with one attached hydrogen (secondary N) is 1. The monoisotopic (exact) mass is 340 g/mol. The van der Waals surface area contributed by atoms with Gasteiger partial charge in [-0.05, 0) is 40.9 Å². The molecule has 0 spiro atoms. The van der Waals surface area contributed by atoms with Gasteiger partial charge in [0.05, 0.1) is 18.7 Å². The molecule has 0 aliphatic heterocycles. The van der Waals surface area contributed by atoms with Gasteiger partial charge in [0.2, 0.25) is 5.91 Å². The first-order valence-corrected chi connectivity index (χ1v) is 7.36. The van der Waals surface area contributed by atoms with Gasteiger partial charge in [0.15, 0.2) is 0 Å². The molecule has 1 aromatic carbocycles. The SMILES string of the molecule is O=C(NCC(=O)N(CCO)C1CC1)c1ccccc1Br. The third-order valence-electron chi connectivity index (χ3n) is 3.17. The molecule has 108 valence electrons. The quantitative estimate of drug-likeness (QED) is 0.816. The van der Waals surface area contributed by atoms with Crippen LogP contribution in [0.1, 0.15) is 23.2 Å². The van der Waals surface area contributed by atoms with Gasteiger partial charge in [-0.3, -0.25) is 9.59 Å². The van der Waals surface area contributed by atoms with Gasteiger partial charge in [0.25, 0.3) is 5.91 Å². The average Bonchev–Trinajstić information content (AvgIpc) is 3.26. The van der Waals surface area contributed by atoms with E-state index in [2.05, 4.69) is 21.2 Å². The fourth-order valence-corrected chi connectivity index (χ4v) is 2.47. The maximum atomic E-state index is 12.0. The number of benzene rings is 1. The van der Waals surface area contributed by atoms with E-state index in [4.69, 9.17) is 5.11 Å². The molecule has 20 heavy (non-hydrogen) atoms. The Morgan fingerprint density at radius 2 is 2.05 bits per heavy atom. The van der Waals surface area contributed by atoms with Crippen molar-refractivity contribution in [3.63, 3.8) is 0 Å². The number of amides is 2. The van der Waals surface area contributed by atoms with E-state index in [0.29, 0.717) is 16.6 Å². The van der Waals surface area contributed by atoms with Crippen LogP contribution < -0.4 is 5.32 Å². The van der Waals surface area contributed by atoms with Crippen LogP contribution in [-0.2, 0) is 4.79 Å². The maximum Gasteiger partial charge on any atom is 0.252 e. The molecule has 1 fully saturated rings. The van der Waals surface area contributed by atoms with Gasteiger partial charge < -0.3 is 15.3 Å². The predicted octanol–water partition coefficient (Wildman–Crippen LogP) is 1.16. The fraction of sp³-hybridized carbons (Fsp3) is 0.429. The molecule has 0 bridgehead atoms. The van der Waals surface area contributed by atoms with Crippen molar-refractivity contribution < 1.29 is 14.7 Å². The first-order valence-electron chi connectivity index (χ1n) is 6.56. The van der Waals surface area contributed by atoms with Crippen molar-refractivity contribution in [2.45, 2.75) is 18.9 Å². The number of nitrogens with zero attached hydrogens (tertiary/aromatic N) is 1. The highest BCUT2D eigenvalue weighted by molar-refractivity contribution is 9.10. The molecule has 0 saturated heterocycles. The Hall–Kier alpha value is -1.40. The van der Waals surface area contributed by atoms with Crippen LogP contribution >= 0.6 is 15.9 Å². The molecule has 2 rings (SSSR count). The molecular formula is C14H17BrN2O3. The van der Waals surface area contributed by atoms with Crippen molar-refractivity contribution in [1.82, 2.24) is 10.2 Å². The van der Waals surface area contributed by atoms with Gasteiger partial charge in [-0.2, -0.15) is 0 Å². The van der Waals surface area contributed by atoms with Crippen molar-refractivity contribution in [1.29, 1.82) is 0 Å². The molecule has 0 heterocycles. The summed E-state index contributed by atoms with van der Waals surface area (Å²) >= 11 is 3.30. The maximum absolute atomic E-state index is 12.0. The molecule has 2 amide bonds. The molecule has 1 aliphatic carbocycles. The minimum Gasteiger partial charge on any atom is -0.395 e. The Bertz CT molecular complexity index is 503. The van der Waals surface area contributed by atoms with Crippen molar-refractivity contribution in [2.75, 3.05) is 19.7 Å². The normalized spacial score (nSPS) is 13.9. The predicted molar refractivity (Wildman–Crippen MR) is 78.3 cm³/mol. The van der Waals surface area contributed by atoms with E-state index in [9.17, 15) is 9.59 Å². The lowest BCUT2D eigenvalue weighted by Crippen LogP contribution is -2.42. The van der Waals surface area contributed by atoms with E-state index in [1.165, 1.54) is 0 Å². The summed E-state index contributed by atoms with van der Waals surface area (Å²) in [5.41, 5.74) is 0.500. The number of carbonyl (C=O) groups excluding carboxylic acids is 2. The summed E-state index contributed by atoms with van der Waals surface area (Å²) in [5, 5.41) is 11.6. The van der Waals surface area contributed by atoms with Crippen LogP contribution in [0.25, 0.3) is 0 Å². The zero-order valence-corrected chi connectivity index (χ0v) is 12.6. The van der Waals surface area contributed by atoms with Gasteiger partial charge >= 0.3 is 0 Å². The fourth-order valence-electron chi connectivity index (χ4n) is 2.00. The molecule has 1 saturated carbocycles. The zero-order valence-electron chi connectivity index (χ0n) is 11.0. The van der Waals surface area contributed by atoms with Crippen molar-refractivity contribution in [3.8, 4) is 0 Å². The summed E-state index contributed by atoms with van der Waals surface area (Å²) < 4.78 is 0.694. The third-order valence-corrected chi connectivity index (χ3v) is 3.86. The van der Waals surface area contributed by atoms with Gasteiger partial charge in [-0.25, -0.2) is 0 Å². The first kappa shape index (κ1) is 15.0. The number of carbonyl (C=O) groups is 2. The molecule has 5 nitrogen and oxygen atoms in total. The molecule has 6 heteroatoms. The topological polar surface area (TPSA) is 69.6 Å². The summed E-state index contributed by atoms with van der Waals surface area (Å²) in [4.78, 5) is 25.6. The van der Waals surface area contributed by atoms with Crippen LogP contribution in [0, 0.1) is 0 Å². The minimum absolute atomic E-state index is 0.0450. The van der Waals surface area contributed by atoms with Gasteiger partial charge in [-0.1, -0.05) is 12.1 Å². The number of aliphatic hydroxyl groups excluding tert-OH is 1. The Morgan fingerprint density at radius 1 is 1.35 bits per heavy atom. The highest BCUT2D eigenvalue weighted by atomic mass is 79.9. The van der Waals surface area contributed by atoms with Gasteiger partial charge in [0.1, 0.15) is 0 Å². The molecule has 0 radical (unpaired) electrons. The van der Waals surface area contributed by atoms with Crippen LogP contribution in [-0.4, -0.2) is 47.6 Å². The van der Waals surface area contributed by atoms with E-state index in [-0.39, 0.29) is 31.0 Å². The smallest absolute Gasteiger partial charge is 0.252 e. The van der Waals surface area contributed by atoms with E-state index >= 15 is 0 Å². The zero-order chi connectivity index (χ0) is 14.5. The largest absolute Gasteiger partial charge is 0.395 e. The number of halogens is 1. The van der Waals surface area contributed by atoms with Crippen molar-refractivity contribution in [3.05, 3.63) is 34.3 Å². The van der Waals surface area contributed by atoms with Crippen LogP contribution in [0.5, 0.6) is 0 Å². The molecular weight excluding hydrogens is 324 g/mol. The number of hydrogen-bond acceptors (Lipinski definition) is 3. The Labute approximate surface area is 126 Å². The summed E-state index contributed by atoms with van der Waals surface area (Å²) in [6.07, 6.45) is 1.95. The van der Waals surface area contributed by atoms with E-state index < -0.39 is 0 Å². The second-order valence-electron chi connectivity index (χ2n) is 4.70. The summed E-state index contributed by atoms with van der Waals surface area (Å²) in [6.45, 7) is 0.228. The highest BCUT2D eigenvalue weighted by Crippen LogP contribution is 2.26. The third kappa shape index (κ3) is 3.80. The Balaban J connectivity index is 1.89. The lowest BCUT2D eigenvalue weighted by Gasteiger charge is -2.21. The average molecular weight is 341 g/mol. The standard InChI is InChI=1S/C14H17BrN2O3/c15-12-4-2-1-3-11(12)14(20)16-9-13(19)17(7-8-18)10-5-6-10/h1-4,10,18H,5-9H2,(H,16,20). The minimum atomic E-state index is -0.287. The van der Waals surface area contributed by atoms with E-state index in [0.717, 1.165) is 12.8 Å². The summed E-state index contributed by atoms with van der Waals surface area (Å²) in [6, 6.07) is 7.29. The van der Waals surface area contributed by atoms with Crippen LogP contribution in [0.15, 0.2) is 28.7 Å². The van der Waals surface area contributed by atoms with E-state index in [1.807, 2.05) is 6.07 Å². The number of hydrogen-bond donors (Lipinski definition) is 2. The lowest BCUT2D eigenvalue weighted by molar-refractivity contribution is -0.131. The molecule has 0 unspecified atom stereocenters. The number of aliphatic hydroxyl groups is 1. The summed E-state index contributed by atoms with van der Waals surface area (Å²) in [5.74, 6) is -0.437. The number of rotatable bonds is 6.